The van der Waals surface area contributed by atoms with Crippen molar-refractivity contribution < 1.29 is 23.9 Å². The highest BCUT2D eigenvalue weighted by molar-refractivity contribution is 5.97. The topological polar surface area (TPSA) is 96.6 Å². The van der Waals surface area contributed by atoms with Gasteiger partial charge in [-0.3, -0.25) is 9.59 Å². The first-order valence-electron chi connectivity index (χ1n) is 9.00. The van der Waals surface area contributed by atoms with Crippen molar-refractivity contribution >= 4 is 17.7 Å². The number of hydrogen-bond donors (Lipinski definition) is 2. The van der Waals surface area contributed by atoms with Crippen molar-refractivity contribution in [1.82, 2.24) is 5.32 Å². The second kappa shape index (κ2) is 9.71. The summed E-state index contributed by atoms with van der Waals surface area (Å²) in [6, 6.07) is 11.5. The first-order chi connectivity index (χ1) is 12.9. The van der Waals surface area contributed by atoms with E-state index in [9.17, 15) is 19.5 Å². The molecule has 1 amide bonds. The van der Waals surface area contributed by atoms with Gasteiger partial charge in [-0.25, -0.2) is 4.79 Å². The van der Waals surface area contributed by atoms with E-state index >= 15 is 0 Å². The average molecular weight is 371 g/mol. The lowest BCUT2D eigenvalue weighted by molar-refractivity contribution is -0.142. The summed E-state index contributed by atoms with van der Waals surface area (Å²) in [6.45, 7) is 3.79. The summed E-state index contributed by atoms with van der Waals surface area (Å²) in [5, 5.41) is 12.0. The van der Waals surface area contributed by atoms with Crippen LogP contribution >= 0.6 is 0 Å². The second-order valence-electron chi connectivity index (χ2n) is 7.02. The van der Waals surface area contributed by atoms with Crippen LogP contribution in [-0.2, 0) is 16.0 Å². The molecule has 2 rings (SSSR count). The molecule has 0 fully saturated rings. The van der Waals surface area contributed by atoms with E-state index in [1.54, 1.807) is 12.1 Å². The summed E-state index contributed by atoms with van der Waals surface area (Å²) in [7, 11) is 0. The molecule has 0 aliphatic rings. The van der Waals surface area contributed by atoms with E-state index in [-0.39, 0.29) is 23.9 Å². The Kier molecular flexibility index (Phi) is 7.34. The lowest BCUT2D eigenvalue weighted by Gasteiger charge is -2.21. The molecular weight excluding hydrogens is 346 g/mol. The molecule has 1 heterocycles. The lowest BCUT2D eigenvalue weighted by atomic mass is 9.92. The molecule has 0 saturated heterocycles. The van der Waals surface area contributed by atoms with Crippen LogP contribution in [0.3, 0.4) is 0 Å². The maximum atomic E-state index is 12.8. The van der Waals surface area contributed by atoms with Crippen molar-refractivity contribution in [2.75, 3.05) is 0 Å². The smallest absolute Gasteiger partial charge is 0.326 e. The number of rotatable bonds is 10. The SMILES string of the molecule is CC(C)C[C@H](NC(=O)[C@H](CC(=O)c1ccco1)Cc1ccccc1)C(=O)O. The standard InChI is InChI=1S/C21H25NO5/c1-14(2)11-17(21(25)26)22-20(24)16(12-15-7-4-3-5-8-15)13-18(23)19-9-6-10-27-19/h3-10,14,16-17H,11-13H2,1-2H3,(H,22,24)(H,25,26)/t16-,17-/m0/s1. The van der Waals surface area contributed by atoms with Crippen LogP contribution in [0.5, 0.6) is 0 Å². The number of carbonyl (C=O) groups is 3. The maximum absolute atomic E-state index is 12.8. The summed E-state index contributed by atoms with van der Waals surface area (Å²) in [4.78, 5) is 36.7. The molecule has 0 aliphatic carbocycles. The molecular formula is C21H25NO5. The minimum Gasteiger partial charge on any atom is -0.480 e. The van der Waals surface area contributed by atoms with Crippen molar-refractivity contribution in [3.8, 4) is 0 Å². The van der Waals surface area contributed by atoms with Crippen LogP contribution in [0.2, 0.25) is 0 Å². The summed E-state index contributed by atoms with van der Waals surface area (Å²) in [6.07, 6.45) is 2.02. The molecule has 0 radical (unpaired) electrons. The van der Waals surface area contributed by atoms with Gasteiger partial charge in [-0.05, 0) is 36.5 Å². The van der Waals surface area contributed by atoms with E-state index in [0.29, 0.717) is 12.8 Å². The van der Waals surface area contributed by atoms with E-state index in [4.69, 9.17) is 4.42 Å². The highest BCUT2D eigenvalue weighted by Gasteiger charge is 2.28. The van der Waals surface area contributed by atoms with Gasteiger partial charge in [0.1, 0.15) is 6.04 Å². The van der Waals surface area contributed by atoms with Crippen LogP contribution in [0.25, 0.3) is 0 Å². The number of benzene rings is 1. The quantitative estimate of drug-likeness (QED) is 0.625. The summed E-state index contributed by atoms with van der Waals surface area (Å²) in [5.74, 6) is -2.17. The van der Waals surface area contributed by atoms with Gasteiger partial charge >= 0.3 is 5.97 Å². The van der Waals surface area contributed by atoms with Gasteiger partial charge in [0.2, 0.25) is 5.91 Å². The average Bonchev–Trinajstić information content (AvgIpc) is 3.15. The second-order valence-corrected chi connectivity index (χ2v) is 7.02. The first-order valence-corrected chi connectivity index (χ1v) is 9.00. The Labute approximate surface area is 158 Å². The Morgan fingerprint density at radius 1 is 1.07 bits per heavy atom. The molecule has 2 aromatic rings. The molecule has 6 heteroatoms. The van der Waals surface area contributed by atoms with Gasteiger partial charge in [0, 0.05) is 12.3 Å². The van der Waals surface area contributed by atoms with E-state index in [1.165, 1.54) is 6.26 Å². The van der Waals surface area contributed by atoms with Crippen LogP contribution in [0, 0.1) is 11.8 Å². The third kappa shape index (κ3) is 6.40. The van der Waals surface area contributed by atoms with Crippen molar-refractivity contribution in [3.63, 3.8) is 0 Å². The molecule has 2 N–H and O–H groups in total. The normalized spacial score (nSPS) is 13.1. The highest BCUT2D eigenvalue weighted by atomic mass is 16.4. The van der Waals surface area contributed by atoms with Crippen LogP contribution in [0.1, 0.15) is 42.8 Å². The zero-order valence-electron chi connectivity index (χ0n) is 15.6. The van der Waals surface area contributed by atoms with E-state index in [1.807, 2.05) is 44.2 Å². The zero-order valence-corrected chi connectivity index (χ0v) is 15.6. The summed E-state index contributed by atoms with van der Waals surface area (Å²) >= 11 is 0. The predicted molar refractivity (Wildman–Crippen MR) is 100 cm³/mol. The fraction of sp³-hybridized carbons (Fsp3) is 0.381. The van der Waals surface area contributed by atoms with Crippen molar-refractivity contribution in [3.05, 3.63) is 60.1 Å². The van der Waals surface area contributed by atoms with Crippen LogP contribution < -0.4 is 5.32 Å². The van der Waals surface area contributed by atoms with Gasteiger partial charge < -0.3 is 14.8 Å². The molecule has 6 nitrogen and oxygen atoms in total. The third-order valence-electron chi connectivity index (χ3n) is 4.25. The number of furan rings is 1. The fourth-order valence-electron chi connectivity index (χ4n) is 2.90. The number of Topliss-reactive ketones (excluding diaryl/α,β-unsaturated/α-hetero) is 1. The minimum absolute atomic E-state index is 0.0533. The largest absolute Gasteiger partial charge is 0.480 e. The predicted octanol–water partition coefficient (Wildman–Crippen LogP) is 3.33. The number of carboxylic acids is 1. The molecule has 0 saturated carbocycles. The van der Waals surface area contributed by atoms with Crippen LogP contribution in [0.4, 0.5) is 0 Å². The van der Waals surface area contributed by atoms with Crippen molar-refractivity contribution in [1.29, 1.82) is 0 Å². The molecule has 144 valence electrons. The number of amides is 1. The molecule has 1 aromatic heterocycles. The molecule has 0 spiro atoms. The summed E-state index contributed by atoms with van der Waals surface area (Å²) < 4.78 is 5.12. The van der Waals surface area contributed by atoms with Gasteiger partial charge in [-0.15, -0.1) is 0 Å². The Hall–Kier alpha value is -2.89. The number of hydrogen-bond acceptors (Lipinski definition) is 4. The van der Waals surface area contributed by atoms with E-state index in [2.05, 4.69) is 5.32 Å². The Balaban J connectivity index is 2.15. The number of carbonyl (C=O) groups excluding carboxylic acids is 2. The molecule has 27 heavy (non-hydrogen) atoms. The number of ketones is 1. The zero-order chi connectivity index (χ0) is 19.8. The number of nitrogens with one attached hydrogen (secondary N) is 1. The van der Waals surface area contributed by atoms with Gasteiger partial charge in [0.25, 0.3) is 0 Å². The van der Waals surface area contributed by atoms with Crippen molar-refractivity contribution in [2.24, 2.45) is 11.8 Å². The Bertz CT molecular complexity index is 752. The van der Waals surface area contributed by atoms with E-state index < -0.39 is 23.8 Å². The molecule has 0 bridgehead atoms. The lowest BCUT2D eigenvalue weighted by Crippen LogP contribution is -2.45. The number of aliphatic carboxylic acids is 1. The monoisotopic (exact) mass is 371 g/mol. The first kappa shape index (κ1) is 20.4. The third-order valence-corrected chi connectivity index (χ3v) is 4.25. The van der Waals surface area contributed by atoms with Gasteiger partial charge in [-0.2, -0.15) is 0 Å². The van der Waals surface area contributed by atoms with Gasteiger partial charge in [0.15, 0.2) is 11.5 Å². The number of carboxylic acid groups (broad SMARTS) is 1. The molecule has 0 aliphatic heterocycles. The van der Waals surface area contributed by atoms with Gasteiger partial charge in [0.05, 0.1) is 6.26 Å². The Morgan fingerprint density at radius 3 is 2.33 bits per heavy atom. The van der Waals surface area contributed by atoms with Crippen LogP contribution in [0.15, 0.2) is 53.1 Å². The minimum atomic E-state index is -1.08. The Morgan fingerprint density at radius 2 is 1.78 bits per heavy atom. The van der Waals surface area contributed by atoms with Gasteiger partial charge in [-0.1, -0.05) is 44.2 Å². The van der Waals surface area contributed by atoms with Crippen LogP contribution in [-0.4, -0.2) is 28.8 Å². The van der Waals surface area contributed by atoms with Crippen molar-refractivity contribution in [2.45, 2.75) is 39.2 Å². The van der Waals surface area contributed by atoms with E-state index in [0.717, 1.165) is 5.56 Å². The highest BCUT2D eigenvalue weighted by Crippen LogP contribution is 2.18. The fourth-order valence-corrected chi connectivity index (χ4v) is 2.90. The molecule has 2 atom stereocenters. The summed E-state index contributed by atoms with van der Waals surface area (Å²) in [5.41, 5.74) is 0.903. The molecule has 1 aromatic carbocycles. The molecule has 0 unspecified atom stereocenters. The maximum Gasteiger partial charge on any atom is 0.326 e.